The van der Waals surface area contributed by atoms with Gasteiger partial charge in [0.25, 0.3) is 0 Å². The number of aliphatic hydroxyl groups excluding tert-OH is 1. The normalized spacial score (nSPS) is 28.1. The van der Waals surface area contributed by atoms with Crippen molar-refractivity contribution in [2.75, 3.05) is 40.8 Å². The molecule has 0 spiro atoms. The third-order valence-corrected chi connectivity index (χ3v) is 5.06. The number of hydrogen-bond donors (Lipinski definition) is 1. The maximum atomic E-state index is 9.80. The Kier molecular flexibility index (Phi) is 4.11. The zero-order valence-electron chi connectivity index (χ0n) is 11.7. The van der Waals surface area contributed by atoms with Crippen LogP contribution in [0.3, 0.4) is 0 Å². The molecule has 1 aliphatic heterocycles. The minimum atomic E-state index is 0.212. The Bertz CT molecular complexity index is 237. The molecule has 1 atom stereocenters. The van der Waals surface area contributed by atoms with Crippen LogP contribution in [0.2, 0.25) is 0 Å². The Hall–Kier alpha value is -0.120. The summed E-state index contributed by atoms with van der Waals surface area (Å²) in [7, 11) is 6.60. The van der Waals surface area contributed by atoms with Gasteiger partial charge in [0.05, 0.1) is 6.61 Å². The van der Waals surface area contributed by atoms with E-state index in [9.17, 15) is 5.11 Å². The molecule has 17 heavy (non-hydrogen) atoms. The molecule has 0 radical (unpaired) electrons. The number of nitrogens with zero attached hydrogens (tertiary/aromatic N) is 2. The number of hydrogen-bond acceptors (Lipinski definition) is 3. The first-order valence-corrected chi connectivity index (χ1v) is 7.05. The van der Waals surface area contributed by atoms with Crippen LogP contribution >= 0.6 is 0 Å². The van der Waals surface area contributed by atoms with Crippen molar-refractivity contribution in [3.05, 3.63) is 0 Å². The Labute approximate surface area is 106 Å². The lowest BCUT2D eigenvalue weighted by molar-refractivity contribution is -0.0631. The molecular formula is C14H28N2O. The van der Waals surface area contributed by atoms with Crippen LogP contribution in [0.5, 0.6) is 0 Å². The predicted molar refractivity (Wildman–Crippen MR) is 71.1 cm³/mol. The Morgan fingerprint density at radius 3 is 2.24 bits per heavy atom. The summed E-state index contributed by atoms with van der Waals surface area (Å²) in [4.78, 5) is 4.81. The van der Waals surface area contributed by atoms with Crippen LogP contribution in [0, 0.1) is 11.3 Å². The molecule has 1 saturated carbocycles. The molecular weight excluding hydrogens is 212 g/mol. The summed E-state index contributed by atoms with van der Waals surface area (Å²) < 4.78 is 0. The third-order valence-electron chi connectivity index (χ3n) is 5.06. The van der Waals surface area contributed by atoms with Crippen LogP contribution in [-0.2, 0) is 0 Å². The highest BCUT2D eigenvalue weighted by atomic mass is 16.3. The molecule has 3 heteroatoms. The smallest absolute Gasteiger partial charge is 0.0502 e. The zero-order valence-corrected chi connectivity index (χ0v) is 11.7. The summed E-state index contributed by atoms with van der Waals surface area (Å²) in [6.07, 6.45) is 6.33. The van der Waals surface area contributed by atoms with E-state index in [0.29, 0.717) is 12.6 Å². The highest BCUT2D eigenvalue weighted by Gasteiger charge is 2.47. The van der Waals surface area contributed by atoms with Gasteiger partial charge in [0.15, 0.2) is 0 Å². The van der Waals surface area contributed by atoms with E-state index in [1.807, 2.05) is 0 Å². The first-order chi connectivity index (χ1) is 8.09. The van der Waals surface area contributed by atoms with E-state index in [2.05, 4.69) is 30.9 Å². The molecule has 0 aromatic heterocycles. The Morgan fingerprint density at radius 2 is 1.88 bits per heavy atom. The van der Waals surface area contributed by atoms with Gasteiger partial charge in [-0.15, -0.1) is 0 Å². The molecule has 0 aromatic carbocycles. The van der Waals surface area contributed by atoms with Crippen LogP contribution in [0.25, 0.3) is 0 Å². The van der Waals surface area contributed by atoms with Crippen LogP contribution in [-0.4, -0.2) is 61.8 Å². The highest BCUT2D eigenvalue weighted by molar-refractivity contribution is 5.00. The van der Waals surface area contributed by atoms with Crippen LogP contribution in [0.15, 0.2) is 0 Å². The van der Waals surface area contributed by atoms with Gasteiger partial charge < -0.3 is 14.9 Å². The van der Waals surface area contributed by atoms with Crippen LogP contribution in [0.1, 0.15) is 32.1 Å². The van der Waals surface area contributed by atoms with Crippen molar-refractivity contribution in [3.63, 3.8) is 0 Å². The second-order valence-corrected chi connectivity index (χ2v) is 6.42. The SMILES string of the molecule is CN1CCC(C(N(C)C)C2(CO)CCC2)CC1. The van der Waals surface area contributed by atoms with E-state index in [1.54, 1.807) is 0 Å². The fourth-order valence-electron chi connectivity index (χ4n) is 3.99. The monoisotopic (exact) mass is 240 g/mol. The molecule has 1 unspecified atom stereocenters. The van der Waals surface area contributed by atoms with Crippen molar-refractivity contribution in [2.24, 2.45) is 11.3 Å². The second-order valence-electron chi connectivity index (χ2n) is 6.42. The van der Waals surface area contributed by atoms with E-state index >= 15 is 0 Å². The Balaban J connectivity index is 2.06. The maximum Gasteiger partial charge on any atom is 0.0502 e. The van der Waals surface area contributed by atoms with E-state index in [0.717, 1.165) is 5.92 Å². The van der Waals surface area contributed by atoms with Crippen molar-refractivity contribution in [1.82, 2.24) is 9.80 Å². The molecule has 1 heterocycles. The number of likely N-dealkylation sites (tertiary alicyclic amines) is 1. The molecule has 0 bridgehead atoms. The lowest BCUT2D eigenvalue weighted by Crippen LogP contribution is -2.56. The summed E-state index contributed by atoms with van der Waals surface area (Å²) in [5, 5.41) is 9.80. The van der Waals surface area contributed by atoms with Gasteiger partial charge in [-0.25, -0.2) is 0 Å². The van der Waals surface area contributed by atoms with Gasteiger partial charge in [0.1, 0.15) is 0 Å². The number of piperidine rings is 1. The van der Waals surface area contributed by atoms with Crippen molar-refractivity contribution in [3.8, 4) is 0 Å². The van der Waals surface area contributed by atoms with Gasteiger partial charge in [0, 0.05) is 11.5 Å². The molecule has 1 saturated heterocycles. The molecule has 0 amide bonds. The lowest BCUT2D eigenvalue weighted by atomic mass is 9.60. The molecule has 2 fully saturated rings. The van der Waals surface area contributed by atoms with Gasteiger partial charge in [-0.1, -0.05) is 6.42 Å². The summed E-state index contributed by atoms with van der Waals surface area (Å²) in [5.41, 5.74) is 0.212. The van der Waals surface area contributed by atoms with Crippen molar-refractivity contribution in [1.29, 1.82) is 0 Å². The first kappa shape index (κ1) is 13.3. The fraction of sp³-hybridized carbons (Fsp3) is 1.00. The standard InChI is InChI=1S/C14H28N2O/c1-15(2)13(14(11-17)7-4-8-14)12-5-9-16(3)10-6-12/h12-13,17H,4-11H2,1-3H3. The van der Waals surface area contributed by atoms with E-state index in [1.165, 1.54) is 45.2 Å². The molecule has 3 nitrogen and oxygen atoms in total. The average Bonchev–Trinajstić information content (AvgIpc) is 2.24. The van der Waals surface area contributed by atoms with Gasteiger partial charge in [-0.2, -0.15) is 0 Å². The lowest BCUT2D eigenvalue weighted by Gasteiger charge is -2.53. The quantitative estimate of drug-likeness (QED) is 0.805. The zero-order chi connectivity index (χ0) is 12.5. The minimum absolute atomic E-state index is 0.212. The largest absolute Gasteiger partial charge is 0.396 e. The summed E-state index contributed by atoms with van der Waals surface area (Å²) in [6.45, 7) is 2.81. The summed E-state index contributed by atoms with van der Waals surface area (Å²) in [5.74, 6) is 0.772. The van der Waals surface area contributed by atoms with Crippen molar-refractivity contribution in [2.45, 2.75) is 38.1 Å². The van der Waals surface area contributed by atoms with Gasteiger partial charge in [0.2, 0.25) is 0 Å². The molecule has 0 aromatic rings. The molecule has 2 rings (SSSR count). The van der Waals surface area contributed by atoms with Crippen molar-refractivity contribution < 1.29 is 5.11 Å². The number of aliphatic hydroxyl groups is 1. The van der Waals surface area contributed by atoms with E-state index in [4.69, 9.17) is 0 Å². The minimum Gasteiger partial charge on any atom is -0.396 e. The van der Waals surface area contributed by atoms with Gasteiger partial charge >= 0.3 is 0 Å². The molecule has 1 aliphatic carbocycles. The first-order valence-electron chi connectivity index (χ1n) is 7.05. The number of rotatable bonds is 4. The predicted octanol–water partition coefficient (Wildman–Crippen LogP) is 1.42. The van der Waals surface area contributed by atoms with Crippen LogP contribution < -0.4 is 0 Å². The summed E-state index contributed by atoms with van der Waals surface area (Å²) in [6, 6.07) is 0.579. The highest BCUT2D eigenvalue weighted by Crippen LogP contribution is 2.48. The molecule has 100 valence electrons. The van der Waals surface area contributed by atoms with E-state index in [-0.39, 0.29) is 5.41 Å². The molecule has 1 N–H and O–H groups in total. The topological polar surface area (TPSA) is 26.7 Å². The van der Waals surface area contributed by atoms with E-state index < -0.39 is 0 Å². The maximum absolute atomic E-state index is 9.80. The average molecular weight is 240 g/mol. The molecule has 2 aliphatic rings. The van der Waals surface area contributed by atoms with Gasteiger partial charge in [-0.3, -0.25) is 0 Å². The second kappa shape index (κ2) is 5.25. The summed E-state index contributed by atoms with van der Waals surface area (Å²) >= 11 is 0. The van der Waals surface area contributed by atoms with Crippen LogP contribution in [0.4, 0.5) is 0 Å². The Morgan fingerprint density at radius 1 is 1.29 bits per heavy atom. The third kappa shape index (κ3) is 2.51. The fourth-order valence-corrected chi connectivity index (χ4v) is 3.99. The van der Waals surface area contributed by atoms with Crippen molar-refractivity contribution >= 4 is 0 Å². The van der Waals surface area contributed by atoms with Gasteiger partial charge in [-0.05, 0) is 65.8 Å².